The van der Waals surface area contributed by atoms with Gasteiger partial charge in [0.05, 0.1) is 0 Å². The number of nitrogens with one attached hydrogen (secondary N) is 1. The molecule has 2 aromatic rings. The third-order valence-corrected chi connectivity index (χ3v) is 5.11. The minimum absolute atomic E-state index is 0. The quantitative estimate of drug-likeness (QED) is 0.824. The van der Waals surface area contributed by atoms with Crippen LogP contribution in [-0.2, 0) is 4.79 Å². The summed E-state index contributed by atoms with van der Waals surface area (Å²) in [6.45, 7) is 3.06. The maximum absolute atomic E-state index is 12.5. The molecule has 0 bridgehead atoms. The predicted octanol–water partition coefficient (Wildman–Crippen LogP) is 3.11. The Kier molecular flexibility index (Phi) is 7.63. The van der Waals surface area contributed by atoms with Crippen LogP contribution in [0, 0.1) is 0 Å². The van der Waals surface area contributed by atoms with Gasteiger partial charge in [0.15, 0.2) is 0 Å². The summed E-state index contributed by atoms with van der Waals surface area (Å²) in [5, 5.41) is 4.99. The smallest absolute Gasteiger partial charge is 0.251 e. The van der Waals surface area contributed by atoms with E-state index in [-0.39, 0.29) is 36.3 Å². The second-order valence-corrected chi connectivity index (χ2v) is 7.08. The van der Waals surface area contributed by atoms with E-state index in [0.717, 1.165) is 36.6 Å². The fraction of sp³-hybridized carbons (Fsp3) is 0.429. The van der Waals surface area contributed by atoms with Gasteiger partial charge in [-0.3, -0.25) is 9.59 Å². The van der Waals surface area contributed by atoms with Crippen LogP contribution in [0.1, 0.15) is 43.0 Å². The average molecular weight is 390 g/mol. The molecular formula is C21H28ClN3O2. The van der Waals surface area contributed by atoms with Gasteiger partial charge in [-0.25, -0.2) is 0 Å². The fourth-order valence-corrected chi connectivity index (χ4v) is 3.67. The van der Waals surface area contributed by atoms with Crippen LogP contribution in [0.2, 0.25) is 0 Å². The molecule has 2 unspecified atom stereocenters. The Morgan fingerprint density at radius 2 is 1.93 bits per heavy atom. The standard InChI is InChI=1S/C21H27N3O2.ClH/c1-15(22)19-8-4-5-13-24(19)20(25)11-12-23-21(26)18-10-9-16-6-2-3-7-17(16)14-18;/h2-3,6-7,9-10,14-15,19H,4-5,8,11-13,22H2,1H3,(H,23,26);1H. The maximum Gasteiger partial charge on any atom is 0.251 e. The number of piperidine rings is 1. The van der Waals surface area contributed by atoms with Crippen LogP contribution in [-0.4, -0.2) is 41.9 Å². The van der Waals surface area contributed by atoms with Gasteiger partial charge in [0.2, 0.25) is 5.91 Å². The highest BCUT2D eigenvalue weighted by molar-refractivity contribution is 5.98. The Bertz CT molecular complexity index is 794. The van der Waals surface area contributed by atoms with E-state index in [1.54, 1.807) is 0 Å². The van der Waals surface area contributed by atoms with Crippen molar-refractivity contribution in [2.45, 2.75) is 44.7 Å². The first-order valence-corrected chi connectivity index (χ1v) is 9.38. The monoisotopic (exact) mass is 389 g/mol. The van der Waals surface area contributed by atoms with Crippen LogP contribution in [0.3, 0.4) is 0 Å². The van der Waals surface area contributed by atoms with Crippen LogP contribution >= 0.6 is 12.4 Å². The van der Waals surface area contributed by atoms with E-state index in [2.05, 4.69) is 5.32 Å². The molecule has 6 heteroatoms. The Hall–Kier alpha value is -2.11. The summed E-state index contributed by atoms with van der Waals surface area (Å²) in [6.07, 6.45) is 3.42. The Labute approximate surface area is 166 Å². The molecule has 1 aliphatic heterocycles. The van der Waals surface area contributed by atoms with E-state index in [1.807, 2.05) is 54.3 Å². The number of hydrogen-bond acceptors (Lipinski definition) is 3. The third-order valence-electron chi connectivity index (χ3n) is 5.11. The molecule has 0 aromatic heterocycles. The zero-order chi connectivity index (χ0) is 18.5. The molecule has 1 aliphatic rings. The zero-order valence-corrected chi connectivity index (χ0v) is 16.5. The van der Waals surface area contributed by atoms with Gasteiger partial charge in [-0.15, -0.1) is 12.4 Å². The number of carbonyl (C=O) groups excluding carboxylic acids is 2. The molecule has 2 atom stereocenters. The van der Waals surface area contributed by atoms with Crippen molar-refractivity contribution in [1.82, 2.24) is 10.2 Å². The van der Waals surface area contributed by atoms with Crippen molar-refractivity contribution in [3.05, 3.63) is 48.0 Å². The van der Waals surface area contributed by atoms with Gasteiger partial charge in [0.25, 0.3) is 5.91 Å². The summed E-state index contributed by atoms with van der Waals surface area (Å²) in [6, 6.07) is 13.7. The first-order valence-electron chi connectivity index (χ1n) is 9.38. The van der Waals surface area contributed by atoms with Gasteiger partial charge in [-0.2, -0.15) is 0 Å². The number of rotatable bonds is 5. The van der Waals surface area contributed by atoms with Gasteiger partial charge in [0, 0.05) is 37.2 Å². The SMILES string of the molecule is CC(N)C1CCCCN1C(=O)CCNC(=O)c1ccc2ccccc2c1.Cl. The molecule has 0 aliphatic carbocycles. The molecule has 3 rings (SSSR count). The van der Waals surface area contributed by atoms with Crippen molar-refractivity contribution in [2.75, 3.05) is 13.1 Å². The van der Waals surface area contributed by atoms with Crippen LogP contribution < -0.4 is 11.1 Å². The van der Waals surface area contributed by atoms with Gasteiger partial charge in [-0.05, 0) is 49.1 Å². The Morgan fingerprint density at radius 1 is 1.19 bits per heavy atom. The Morgan fingerprint density at radius 3 is 2.67 bits per heavy atom. The zero-order valence-electron chi connectivity index (χ0n) is 15.7. The second kappa shape index (κ2) is 9.72. The molecule has 3 N–H and O–H groups in total. The highest BCUT2D eigenvalue weighted by Gasteiger charge is 2.28. The van der Waals surface area contributed by atoms with E-state index in [9.17, 15) is 9.59 Å². The van der Waals surface area contributed by atoms with E-state index in [0.29, 0.717) is 18.5 Å². The van der Waals surface area contributed by atoms with Crippen molar-refractivity contribution in [2.24, 2.45) is 5.73 Å². The molecule has 0 spiro atoms. The van der Waals surface area contributed by atoms with Crippen LogP contribution in [0.15, 0.2) is 42.5 Å². The molecular weight excluding hydrogens is 362 g/mol. The number of hydrogen-bond donors (Lipinski definition) is 2. The lowest BCUT2D eigenvalue weighted by Crippen LogP contribution is -2.52. The van der Waals surface area contributed by atoms with Crippen molar-refractivity contribution in [3.63, 3.8) is 0 Å². The minimum atomic E-state index is -0.147. The number of nitrogens with zero attached hydrogens (tertiary/aromatic N) is 1. The fourth-order valence-electron chi connectivity index (χ4n) is 3.67. The lowest BCUT2D eigenvalue weighted by molar-refractivity contribution is -0.135. The molecule has 146 valence electrons. The molecule has 1 heterocycles. The molecule has 1 saturated heterocycles. The summed E-state index contributed by atoms with van der Waals surface area (Å²) < 4.78 is 0. The van der Waals surface area contributed by atoms with E-state index in [4.69, 9.17) is 5.73 Å². The van der Waals surface area contributed by atoms with E-state index in [1.165, 1.54) is 0 Å². The first kappa shape index (κ1) is 21.2. The predicted molar refractivity (Wildman–Crippen MR) is 111 cm³/mol. The molecule has 0 saturated carbocycles. The highest BCUT2D eigenvalue weighted by atomic mass is 35.5. The summed E-state index contributed by atoms with van der Waals surface area (Å²) in [5.74, 6) is -0.0725. The topological polar surface area (TPSA) is 75.4 Å². The van der Waals surface area contributed by atoms with Crippen LogP contribution in [0.25, 0.3) is 10.8 Å². The maximum atomic E-state index is 12.5. The van der Waals surface area contributed by atoms with E-state index < -0.39 is 0 Å². The summed E-state index contributed by atoms with van der Waals surface area (Å²) in [5.41, 5.74) is 6.64. The highest BCUT2D eigenvalue weighted by Crippen LogP contribution is 2.20. The normalized spacial score (nSPS) is 17.9. The molecule has 0 radical (unpaired) electrons. The van der Waals surface area contributed by atoms with Gasteiger partial charge >= 0.3 is 0 Å². The van der Waals surface area contributed by atoms with Gasteiger partial charge in [0.1, 0.15) is 0 Å². The molecule has 2 aromatic carbocycles. The number of amides is 2. The number of carbonyl (C=O) groups is 2. The van der Waals surface area contributed by atoms with Crippen LogP contribution in [0.5, 0.6) is 0 Å². The lowest BCUT2D eigenvalue weighted by atomic mass is 9.96. The first-order chi connectivity index (χ1) is 12.6. The van der Waals surface area contributed by atoms with Crippen LogP contribution in [0.4, 0.5) is 0 Å². The van der Waals surface area contributed by atoms with Crippen molar-refractivity contribution < 1.29 is 9.59 Å². The third kappa shape index (κ3) is 5.21. The number of halogens is 1. The summed E-state index contributed by atoms with van der Waals surface area (Å²) >= 11 is 0. The molecule has 27 heavy (non-hydrogen) atoms. The summed E-state index contributed by atoms with van der Waals surface area (Å²) in [4.78, 5) is 26.8. The largest absolute Gasteiger partial charge is 0.352 e. The minimum Gasteiger partial charge on any atom is -0.352 e. The molecule has 2 amide bonds. The number of benzene rings is 2. The van der Waals surface area contributed by atoms with Gasteiger partial charge < -0.3 is 16.0 Å². The van der Waals surface area contributed by atoms with Crippen molar-refractivity contribution >= 4 is 35.0 Å². The second-order valence-electron chi connectivity index (χ2n) is 7.08. The summed E-state index contributed by atoms with van der Waals surface area (Å²) in [7, 11) is 0. The van der Waals surface area contributed by atoms with Gasteiger partial charge in [-0.1, -0.05) is 30.3 Å². The number of nitrogens with two attached hydrogens (primary N) is 1. The average Bonchev–Trinajstić information content (AvgIpc) is 2.67. The van der Waals surface area contributed by atoms with Crippen molar-refractivity contribution in [1.29, 1.82) is 0 Å². The lowest BCUT2D eigenvalue weighted by Gasteiger charge is -2.38. The number of fused-ring (bicyclic) bond motifs is 1. The number of likely N-dealkylation sites (tertiary alicyclic amines) is 1. The van der Waals surface area contributed by atoms with E-state index >= 15 is 0 Å². The Balaban J connectivity index is 0.00000261. The van der Waals surface area contributed by atoms with Crippen molar-refractivity contribution in [3.8, 4) is 0 Å². The molecule has 1 fully saturated rings. The molecule has 5 nitrogen and oxygen atoms in total.